The number of ether oxygens (including phenoxy) is 1. The van der Waals surface area contributed by atoms with Crippen LogP contribution in [-0.2, 0) is 11.2 Å². The van der Waals surface area contributed by atoms with Gasteiger partial charge < -0.3 is 25.6 Å². The minimum Gasteiger partial charge on any atom is -0.492 e. The topological polar surface area (TPSA) is 96.0 Å². The Balaban J connectivity index is 1.88. The van der Waals surface area contributed by atoms with Gasteiger partial charge in [0.25, 0.3) is 0 Å². The molecule has 0 aliphatic carbocycles. The molecule has 1 heterocycles. The van der Waals surface area contributed by atoms with Gasteiger partial charge in [-0.2, -0.15) is 0 Å². The summed E-state index contributed by atoms with van der Waals surface area (Å²) in [6, 6.07) is 7.44. The van der Waals surface area contributed by atoms with Gasteiger partial charge in [0.05, 0.1) is 18.6 Å². The number of benzene rings is 1. The van der Waals surface area contributed by atoms with Gasteiger partial charge in [-0.3, -0.25) is 4.79 Å². The van der Waals surface area contributed by atoms with Gasteiger partial charge in [0.15, 0.2) is 0 Å². The summed E-state index contributed by atoms with van der Waals surface area (Å²) >= 11 is 0. The number of hydrogen-bond donors (Lipinski definition) is 3. The van der Waals surface area contributed by atoms with Crippen LogP contribution in [0.2, 0.25) is 0 Å². The lowest BCUT2D eigenvalue weighted by molar-refractivity contribution is -0.130. The SMILES string of the molecule is NCCOc1ccc(CC(=O)N2CCC[C@](O)(CO)CC2)cc1. The van der Waals surface area contributed by atoms with E-state index in [0.29, 0.717) is 51.9 Å². The van der Waals surface area contributed by atoms with Crippen molar-refractivity contribution in [2.45, 2.75) is 31.3 Å². The second-order valence-electron chi connectivity index (χ2n) is 6.07. The fraction of sp³-hybridized carbons (Fsp3) is 0.588. The van der Waals surface area contributed by atoms with Crippen molar-refractivity contribution >= 4 is 5.91 Å². The monoisotopic (exact) mass is 322 g/mol. The van der Waals surface area contributed by atoms with Crippen molar-refractivity contribution in [3.05, 3.63) is 29.8 Å². The number of nitrogens with two attached hydrogens (primary N) is 1. The highest BCUT2D eigenvalue weighted by molar-refractivity contribution is 5.78. The Labute approximate surface area is 136 Å². The molecule has 0 aromatic heterocycles. The Morgan fingerprint density at radius 3 is 2.65 bits per heavy atom. The molecular formula is C17H26N2O4. The molecule has 0 saturated carbocycles. The molecule has 6 nitrogen and oxygen atoms in total. The lowest BCUT2D eigenvalue weighted by atomic mass is 9.96. The number of aliphatic hydroxyl groups excluding tert-OH is 1. The van der Waals surface area contributed by atoms with E-state index in [1.807, 2.05) is 24.3 Å². The van der Waals surface area contributed by atoms with Crippen molar-refractivity contribution in [2.75, 3.05) is 32.8 Å². The summed E-state index contributed by atoms with van der Waals surface area (Å²) in [5.41, 5.74) is 5.27. The van der Waals surface area contributed by atoms with Crippen molar-refractivity contribution in [1.29, 1.82) is 0 Å². The molecule has 0 unspecified atom stereocenters. The largest absolute Gasteiger partial charge is 0.492 e. The summed E-state index contributed by atoms with van der Waals surface area (Å²) in [4.78, 5) is 14.2. The van der Waals surface area contributed by atoms with Crippen LogP contribution in [0.4, 0.5) is 0 Å². The molecule has 1 amide bonds. The Hall–Kier alpha value is -1.63. The van der Waals surface area contributed by atoms with Gasteiger partial charge in [0.2, 0.25) is 5.91 Å². The number of carbonyl (C=O) groups is 1. The number of rotatable bonds is 6. The Morgan fingerprint density at radius 1 is 1.26 bits per heavy atom. The fourth-order valence-electron chi connectivity index (χ4n) is 2.75. The van der Waals surface area contributed by atoms with E-state index in [-0.39, 0.29) is 12.5 Å². The van der Waals surface area contributed by atoms with E-state index >= 15 is 0 Å². The third-order valence-electron chi connectivity index (χ3n) is 4.23. The number of amides is 1. The molecule has 1 aromatic carbocycles. The maximum Gasteiger partial charge on any atom is 0.226 e. The zero-order valence-corrected chi connectivity index (χ0v) is 13.4. The van der Waals surface area contributed by atoms with E-state index in [1.165, 1.54) is 0 Å². The van der Waals surface area contributed by atoms with Crippen molar-refractivity contribution in [3.8, 4) is 5.75 Å². The van der Waals surface area contributed by atoms with Gasteiger partial charge in [-0.1, -0.05) is 12.1 Å². The number of hydrogen-bond acceptors (Lipinski definition) is 5. The lowest BCUT2D eigenvalue weighted by Gasteiger charge is -2.24. The van der Waals surface area contributed by atoms with Crippen molar-refractivity contribution in [2.24, 2.45) is 5.73 Å². The maximum atomic E-state index is 12.4. The minimum atomic E-state index is -1.04. The summed E-state index contributed by atoms with van der Waals surface area (Å²) in [6.45, 7) is 1.79. The molecule has 1 fully saturated rings. The molecule has 1 aromatic rings. The lowest BCUT2D eigenvalue weighted by Crippen LogP contribution is -2.37. The first-order valence-corrected chi connectivity index (χ1v) is 8.09. The Bertz CT molecular complexity index is 506. The smallest absolute Gasteiger partial charge is 0.226 e. The number of aliphatic hydroxyl groups is 2. The van der Waals surface area contributed by atoms with Crippen molar-refractivity contribution < 1.29 is 19.7 Å². The predicted octanol–water partition coefficient (Wildman–Crippen LogP) is 0.302. The molecule has 23 heavy (non-hydrogen) atoms. The van der Waals surface area contributed by atoms with Crippen molar-refractivity contribution in [1.82, 2.24) is 4.90 Å². The van der Waals surface area contributed by atoms with E-state index in [2.05, 4.69) is 0 Å². The highest BCUT2D eigenvalue weighted by atomic mass is 16.5. The Kier molecular flexibility index (Phi) is 6.38. The van der Waals surface area contributed by atoms with Gasteiger partial charge in [0, 0.05) is 19.6 Å². The zero-order valence-electron chi connectivity index (χ0n) is 13.4. The molecule has 0 bridgehead atoms. The molecule has 1 aliphatic rings. The quantitative estimate of drug-likeness (QED) is 0.700. The van der Waals surface area contributed by atoms with Crippen LogP contribution < -0.4 is 10.5 Å². The van der Waals surface area contributed by atoms with Crippen LogP contribution in [0.5, 0.6) is 5.75 Å². The van der Waals surface area contributed by atoms with Gasteiger partial charge >= 0.3 is 0 Å². The van der Waals surface area contributed by atoms with Gasteiger partial charge in [-0.15, -0.1) is 0 Å². The number of likely N-dealkylation sites (tertiary alicyclic amines) is 1. The summed E-state index contributed by atoms with van der Waals surface area (Å²) < 4.78 is 5.41. The first-order chi connectivity index (χ1) is 11.1. The zero-order chi connectivity index (χ0) is 16.7. The van der Waals surface area contributed by atoms with E-state index in [4.69, 9.17) is 10.5 Å². The summed E-state index contributed by atoms with van der Waals surface area (Å²) in [5, 5.41) is 19.4. The first kappa shape index (κ1) is 17.7. The summed E-state index contributed by atoms with van der Waals surface area (Å²) in [6.07, 6.45) is 1.98. The second-order valence-corrected chi connectivity index (χ2v) is 6.07. The molecule has 128 valence electrons. The van der Waals surface area contributed by atoms with Gasteiger partial charge in [-0.25, -0.2) is 0 Å². The molecule has 2 rings (SSSR count). The Morgan fingerprint density at radius 2 is 2.00 bits per heavy atom. The molecule has 1 saturated heterocycles. The highest BCUT2D eigenvalue weighted by Crippen LogP contribution is 2.22. The molecule has 0 spiro atoms. The van der Waals surface area contributed by atoms with Crippen LogP contribution in [0.25, 0.3) is 0 Å². The van der Waals surface area contributed by atoms with E-state index in [1.54, 1.807) is 4.90 Å². The van der Waals surface area contributed by atoms with Crippen LogP contribution in [0.3, 0.4) is 0 Å². The van der Waals surface area contributed by atoms with Crippen molar-refractivity contribution in [3.63, 3.8) is 0 Å². The molecule has 6 heteroatoms. The van der Waals surface area contributed by atoms with Crippen LogP contribution in [0.1, 0.15) is 24.8 Å². The highest BCUT2D eigenvalue weighted by Gasteiger charge is 2.30. The number of nitrogens with zero attached hydrogens (tertiary/aromatic N) is 1. The molecule has 1 atom stereocenters. The average Bonchev–Trinajstić information content (AvgIpc) is 2.77. The summed E-state index contributed by atoms with van der Waals surface area (Å²) in [5.74, 6) is 0.789. The van der Waals surface area contributed by atoms with Crippen LogP contribution >= 0.6 is 0 Å². The third-order valence-corrected chi connectivity index (χ3v) is 4.23. The third kappa shape index (κ3) is 5.20. The van der Waals surface area contributed by atoms with Gasteiger partial charge in [-0.05, 0) is 37.0 Å². The second kappa shape index (κ2) is 8.29. The molecular weight excluding hydrogens is 296 g/mol. The van der Waals surface area contributed by atoms with Gasteiger partial charge in [0.1, 0.15) is 12.4 Å². The van der Waals surface area contributed by atoms with E-state index in [9.17, 15) is 15.0 Å². The predicted molar refractivity (Wildman–Crippen MR) is 87.2 cm³/mol. The van der Waals surface area contributed by atoms with Crippen LogP contribution in [-0.4, -0.2) is 59.5 Å². The molecule has 0 radical (unpaired) electrons. The minimum absolute atomic E-state index is 0.0443. The average molecular weight is 322 g/mol. The molecule has 4 N–H and O–H groups in total. The standard InChI is InChI=1S/C17H26N2O4/c18-8-11-23-15-4-2-14(3-5-15)12-16(21)19-9-1-6-17(22,13-20)7-10-19/h2-5,20,22H,1,6-13,18H2/t17-/m1/s1. The maximum absolute atomic E-state index is 12.4. The first-order valence-electron chi connectivity index (χ1n) is 8.09. The van der Waals surface area contributed by atoms with Crippen LogP contribution in [0.15, 0.2) is 24.3 Å². The molecule has 1 aliphatic heterocycles. The fourth-order valence-corrected chi connectivity index (χ4v) is 2.75. The van der Waals surface area contributed by atoms with Crippen LogP contribution in [0, 0.1) is 0 Å². The summed E-state index contributed by atoms with van der Waals surface area (Å²) in [7, 11) is 0. The van der Waals surface area contributed by atoms with E-state index in [0.717, 1.165) is 11.3 Å². The van der Waals surface area contributed by atoms with E-state index < -0.39 is 5.60 Å². The normalized spacial score (nSPS) is 21.8. The number of carbonyl (C=O) groups excluding carboxylic acids is 1.